The fraction of sp³-hybridized carbons (Fsp3) is 0.250. The Morgan fingerprint density at radius 1 is 1.07 bits per heavy atom. The van der Waals surface area contributed by atoms with E-state index in [0.29, 0.717) is 43.1 Å². The molecule has 0 unspecified atom stereocenters. The van der Waals surface area contributed by atoms with Gasteiger partial charge in [-0.15, -0.1) is 11.3 Å². The second kappa shape index (κ2) is 11.1. The van der Waals surface area contributed by atoms with E-state index in [2.05, 4.69) is 24.6 Å². The molecule has 5 aromatic rings. The van der Waals surface area contributed by atoms with Crippen molar-refractivity contribution >= 4 is 63.6 Å². The Kier molecular flexibility index (Phi) is 7.91. The highest BCUT2D eigenvalue weighted by molar-refractivity contribution is 7.22. The lowest BCUT2D eigenvalue weighted by molar-refractivity contribution is 0.0864. The number of pyridine rings is 1. The molecule has 208 valence electrons. The molecule has 0 fully saturated rings. The standard InChI is InChI=1S/C28H26Cl2FN3O4SSi/c1-37-23-10-17(19(30)11-20(23)31)24-12-21-26(39-24)27(35)34(28(36)33(21)15-38-8-9-40(2,3)4)22-14-32-13-16-6-5-7-18(29)25(16)22/h5-7,10-14H,8-9,15H2,1-4H3. The lowest BCUT2D eigenvalue weighted by Gasteiger charge is -2.17. The van der Waals surface area contributed by atoms with Gasteiger partial charge in [-0.3, -0.25) is 14.3 Å². The molecule has 2 aromatic carbocycles. The maximum Gasteiger partial charge on any atom is 0.338 e. The maximum atomic E-state index is 14.3. The van der Waals surface area contributed by atoms with Gasteiger partial charge in [-0.05, 0) is 30.3 Å². The molecule has 0 N–H and O–H groups in total. The number of methoxy groups -OCH3 is 1. The van der Waals surface area contributed by atoms with Crippen LogP contribution in [-0.4, -0.2) is 35.9 Å². The van der Waals surface area contributed by atoms with E-state index in [9.17, 15) is 14.0 Å². The summed E-state index contributed by atoms with van der Waals surface area (Å²) in [5.41, 5.74) is 0.00616. The van der Waals surface area contributed by atoms with Crippen LogP contribution in [0.5, 0.6) is 5.75 Å². The molecule has 3 aromatic heterocycles. The maximum absolute atomic E-state index is 14.3. The predicted molar refractivity (Wildman–Crippen MR) is 163 cm³/mol. The molecule has 3 heterocycles. The number of fused-ring (bicyclic) bond motifs is 2. The number of halogens is 3. The van der Waals surface area contributed by atoms with Gasteiger partial charge >= 0.3 is 5.69 Å². The highest BCUT2D eigenvalue weighted by atomic mass is 35.5. The molecule has 0 saturated carbocycles. The second-order valence-corrected chi connectivity index (χ2v) is 18.0. The molecule has 0 bridgehead atoms. The third-order valence-electron chi connectivity index (χ3n) is 6.50. The van der Waals surface area contributed by atoms with Gasteiger partial charge in [0.1, 0.15) is 11.4 Å². The Labute approximate surface area is 244 Å². The van der Waals surface area contributed by atoms with Gasteiger partial charge < -0.3 is 9.47 Å². The lowest BCUT2D eigenvalue weighted by atomic mass is 10.1. The summed E-state index contributed by atoms with van der Waals surface area (Å²) in [6, 6.07) is 10.5. The van der Waals surface area contributed by atoms with Crippen LogP contribution in [0.2, 0.25) is 35.7 Å². The molecule has 0 atom stereocenters. The van der Waals surface area contributed by atoms with Gasteiger partial charge in [-0.1, -0.05) is 55.0 Å². The van der Waals surface area contributed by atoms with Crippen molar-refractivity contribution in [2.24, 2.45) is 0 Å². The van der Waals surface area contributed by atoms with Crippen LogP contribution in [0.1, 0.15) is 0 Å². The highest BCUT2D eigenvalue weighted by Crippen LogP contribution is 2.39. The van der Waals surface area contributed by atoms with Crippen molar-refractivity contribution in [3.8, 4) is 21.9 Å². The summed E-state index contributed by atoms with van der Waals surface area (Å²) < 4.78 is 28.2. The molecule has 0 aliphatic carbocycles. The Balaban J connectivity index is 1.76. The van der Waals surface area contributed by atoms with Crippen molar-refractivity contribution in [2.45, 2.75) is 32.4 Å². The van der Waals surface area contributed by atoms with Gasteiger partial charge in [-0.25, -0.2) is 13.8 Å². The van der Waals surface area contributed by atoms with Crippen molar-refractivity contribution in [1.82, 2.24) is 14.1 Å². The third-order valence-corrected chi connectivity index (χ3v) is 9.98. The summed E-state index contributed by atoms with van der Waals surface area (Å²) in [7, 11) is -0.0181. The molecule has 0 spiro atoms. The van der Waals surface area contributed by atoms with Crippen molar-refractivity contribution in [2.75, 3.05) is 13.7 Å². The highest BCUT2D eigenvalue weighted by Gasteiger charge is 2.22. The van der Waals surface area contributed by atoms with Crippen LogP contribution in [0.4, 0.5) is 4.39 Å². The first-order valence-electron chi connectivity index (χ1n) is 12.4. The van der Waals surface area contributed by atoms with Gasteiger partial charge in [-0.2, -0.15) is 0 Å². The molecule has 0 amide bonds. The number of aromatic nitrogens is 3. The molecule has 0 aliphatic heterocycles. The second-order valence-electron chi connectivity index (χ2n) is 10.5. The minimum atomic E-state index is -1.38. The first kappa shape index (κ1) is 28.5. The number of thiophene rings is 1. The summed E-state index contributed by atoms with van der Waals surface area (Å²) in [5, 5.41) is 1.75. The molecule has 0 saturated heterocycles. The molecule has 0 aliphatic rings. The Morgan fingerprint density at radius 3 is 2.58 bits per heavy atom. The number of nitrogens with zero attached hydrogens (tertiary/aromatic N) is 3. The van der Waals surface area contributed by atoms with Crippen LogP contribution < -0.4 is 16.0 Å². The average Bonchev–Trinajstić information content (AvgIpc) is 3.33. The van der Waals surface area contributed by atoms with Gasteiger partial charge in [0, 0.05) is 42.1 Å². The molecular formula is C28H26Cl2FN3O4SSi. The van der Waals surface area contributed by atoms with E-state index in [1.165, 1.54) is 23.9 Å². The Hall–Kier alpha value is -3.02. The van der Waals surface area contributed by atoms with Crippen LogP contribution in [0.25, 0.3) is 37.1 Å². The molecule has 0 radical (unpaired) electrons. The van der Waals surface area contributed by atoms with Crippen LogP contribution >= 0.6 is 34.5 Å². The first-order chi connectivity index (χ1) is 19.0. The summed E-state index contributed by atoms with van der Waals surface area (Å²) in [4.78, 5) is 32.8. The van der Waals surface area contributed by atoms with Crippen LogP contribution in [0.15, 0.2) is 58.4 Å². The summed E-state index contributed by atoms with van der Waals surface area (Å²) in [5.74, 6) is -0.592. The zero-order chi connectivity index (χ0) is 28.8. The van der Waals surface area contributed by atoms with E-state index >= 15 is 0 Å². The van der Waals surface area contributed by atoms with E-state index in [0.717, 1.165) is 28.0 Å². The zero-order valence-electron chi connectivity index (χ0n) is 22.3. The van der Waals surface area contributed by atoms with Crippen molar-refractivity contribution in [1.29, 1.82) is 0 Å². The number of benzene rings is 2. The lowest BCUT2D eigenvalue weighted by Crippen LogP contribution is -2.39. The Bertz CT molecular complexity index is 1880. The van der Waals surface area contributed by atoms with E-state index in [1.807, 2.05) is 6.07 Å². The fourth-order valence-corrected chi connectivity index (χ4v) is 6.83. The van der Waals surface area contributed by atoms with E-state index in [1.54, 1.807) is 24.4 Å². The van der Waals surface area contributed by atoms with Gasteiger partial charge in [0.05, 0.1) is 34.6 Å². The van der Waals surface area contributed by atoms with E-state index < -0.39 is 25.1 Å². The van der Waals surface area contributed by atoms with E-state index in [4.69, 9.17) is 32.7 Å². The minimum Gasteiger partial charge on any atom is -0.494 e. The number of rotatable bonds is 8. The number of hydrogen-bond acceptors (Lipinski definition) is 6. The molecule has 40 heavy (non-hydrogen) atoms. The van der Waals surface area contributed by atoms with Crippen LogP contribution in [0, 0.1) is 5.82 Å². The topological polar surface area (TPSA) is 75.4 Å². The SMILES string of the molecule is COc1cc(-c2cc3c(s2)c(=O)n(-c2cncc4cccc(Cl)c24)c(=O)n3COCC[Si](C)(C)C)c(Cl)cc1F. The van der Waals surface area contributed by atoms with Crippen LogP contribution in [-0.2, 0) is 11.5 Å². The normalized spacial score (nSPS) is 12.0. The van der Waals surface area contributed by atoms with Crippen molar-refractivity contribution in [3.05, 3.63) is 85.5 Å². The summed E-state index contributed by atoms with van der Waals surface area (Å²) in [6.45, 7) is 7.13. The average molecular weight is 619 g/mol. The van der Waals surface area contributed by atoms with Gasteiger partial charge in [0.25, 0.3) is 5.56 Å². The van der Waals surface area contributed by atoms with Crippen LogP contribution in [0.3, 0.4) is 0 Å². The molecular weight excluding hydrogens is 592 g/mol. The fourth-order valence-electron chi connectivity index (χ4n) is 4.37. The number of hydrogen-bond donors (Lipinski definition) is 0. The molecule has 7 nitrogen and oxygen atoms in total. The summed E-state index contributed by atoms with van der Waals surface area (Å²) in [6.07, 6.45) is 3.08. The van der Waals surface area contributed by atoms with Gasteiger partial charge in [0.2, 0.25) is 0 Å². The first-order valence-corrected chi connectivity index (χ1v) is 17.7. The largest absolute Gasteiger partial charge is 0.494 e. The van der Waals surface area contributed by atoms with Crippen molar-refractivity contribution < 1.29 is 13.9 Å². The van der Waals surface area contributed by atoms with Gasteiger partial charge in [0.15, 0.2) is 11.6 Å². The number of ether oxygens (including phenoxy) is 2. The minimum absolute atomic E-state index is 0.0119. The molecule has 12 heteroatoms. The third kappa shape index (κ3) is 5.34. The van der Waals surface area contributed by atoms with Crippen molar-refractivity contribution in [3.63, 3.8) is 0 Å². The smallest absolute Gasteiger partial charge is 0.338 e. The summed E-state index contributed by atoms with van der Waals surface area (Å²) >= 11 is 14.1. The molecule has 5 rings (SSSR count). The zero-order valence-corrected chi connectivity index (χ0v) is 25.6. The Morgan fingerprint density at radius 2 is 1.85 bits per heavy atom. The monoisotopic (exact) mass is 617 g/mol. The van der Waals surface area contributed by atoms with E-state index in [-0.39, 0.29) is 23.2 Å². The predicted octanol–water partition coefficient (Wildman–Crippen LogP) is 7.20. The quantitative estimate of drug-likeness (QED) is 0.136.